The van der Waals surface area contributed by atoms with Crippen molar-refractivity contribution in [2.45, 2.75) is 51.8 Å². The molecule has 1 rings (SSSR count). The SMILES string of the molecule is CC(C)C[C@H]1C[C@H](O)[C@@H](C)N1. The van der Waals surface area contributed by atoms with Crippen LogP contribution in [0.25, 0.3) is 0 Å². The number of hydrogen-bond acceptors (Lipinski definition) is 2. The zero-order chi connectivity index (χ0) is 8.43. The molecule has 0 saturated carbocycles. The molecule has 2 nitrogen and oxygen atoms in total. The lowest BCUT2D eigenvalue weighted by atomic mass is 10.0. The van der Waals surface area contributed by atoms with Gasteiger partial charge < -0.3 is 10.4 Å². The van der Waals surface area contributed by atoms with Crippen LogP contribution in [0.15, 0.2) is 0 Å². The maximum atomic E-state index is 9.42. The predicted molar refractivity (Wildman–Crippen MR) is 46.5 cm³/mol. The van der Waals surface area contributed by atoms with Gasteiger partial charge in [0.2, 0.25) is 0 Å². The quantitative estimate of drug-likeness (QED) is 0.630. The van der Waals surface area contributed by atoms with E-state index in [1.54, 1.807) is 0 Å². The van der Waals surface area contributed by atoms with Crippen LogP contribution in [0.3, 0.4) is 0 Å². The summed E-state index contributed by atoms with van der Waals surface area (Å²) in [7, 11) is 0. The minimum absolute atomic E-state index is 0.126. The third-order valence-electron chi connectivity index (χ3n) is 2.36. The number of aliphatic hydroxyl groups is 1. The first-order valence-corrected chi connectivity index (χ1v) is 4.53. The summed E-state index contributed by atoms with van der Waals surface area (Å²) in [6.45, 7) is 6.49. The maximum absolute atomic E-state index is 9.42. The molecule has 1 saturated heterocycles. The predicted octanol–water partition coefficient (Wildman–Crippen LogP) is 1.14. The van der Waals surface area contributed by atoms with Crippen LogP contribution in [0.5, 0.6) is 0 Å². The van der Waals surface area contributed by atoms with Crippen LogP contribution in [0.1, 0.15) is 33.6 Å². The third kappa shape index (κ3) is 2.46. The van der Waals surface area contributed by atoms with Gasteiger partial charge in [0.1, 0.15) is 0 Å². The van der Waals surface area contributed by atoms with E-state index in [0.29, 0.717) is 12.1 Å². The van der Waals surface area contributed by atoms with E-state index in [2.05, 4.69) is 19.2 Å². The second kappa shape index (κ2) is 3.55. The van der Waals surface area contributed by atoms with Gasteiger partial charge in [-0.05, 0) is 25.7 Å². The zero-order valence-electron chi connectivity index (χ0n) is 7.67. The van der Waals surface area contributed by atoms with Crippen LogP contribution in [-0.4, -0.2) is 23.3 Å². The van der Waals surface area contributed by atoms with Crippen LogP contribution in [-0.2, 0) is 0 Å². The first kappa shape index (κ1) is 9.01. The standard InChI is InChI=1S/C9H19NO/c1-6(2)4-8-5-9(11)7(3)10-8/h6-11H,4-5H2,1-3H3/t7-,8+,9+/m1/s1. The average molecular weight is 157 g/mol. The van der Waals surface area contributed by atoms with E-state index in [4.69, 9.17) is 0 Å². The maximum Gasteiger partial charge on any atom is 0.0705 e. The summed E-state index contributed by atoms with van der Waals surface area (Å²) in [5.41, 5.74) is 0. The summed E-state index contributed by atoms with van der Waals surface area (Å²) < 4.78 is 0. The van der Waals surface area contributed by atoms with Gasteiger partial charge >= 0.3 is 0 Å². The molecule has 0 aromatic rings. The number of aliphatic hydroxyl groups excluding tert-OH is 1. The summed E-state index contributed by atoms with van der Waals surface area (Å²) in [4.78, 5) is 0. The van der Waals surface area contributed by atoms with Crippen molar-refractivity contribution in [1.29, 1.82) is 0 Å². The van der Waals surface area contributed by atoms with E-state index in [-0.39, 0.29) is 6.10 Å². The molecule has 0 bridgehead atoms. The monoisotopic (exact) mass is 157 g/mol. The Morgan fingerprint density at radius 1 is 1.55 bits per heavy atom. The summed E-state index contributed by atoms with van der Waals surface area (Å²) in [6, 6.07) is 0.832. The second-order valence-electron chi connectivity index (χ2n) is 4.08. The Hall–Kier alpha value is -0.0800. The normalized spacial score (nSPS) is 38.5. The lowest BCUT2D eigenvalue weighted by molar-refractivity contribution is 0.164. The summed E-state index contributed by atoms with van der Waals surface area (Å²) >= 11 is 0. The Labute approximate surface area is 69.0 Å². The van der Waals surface area contributed by atoms with Crippen LogP contribution < -0.4 is 5.32 Å². The fraction of sp³-hybridized carbons (Fsp3) is 1.00. The molecule has 1 aliphatic heterocycles. The van der Waals surface area contributed by atoms with Gasteiger partial charge in [0.05, 0.1) is 6.10 Å². The van der Waals surface area contributed by atoms with Gasteiger partial charge in [0.15, 0.2) is 0 Å². The summed E-state index contributed by atoms with van der Waals surface area (Å²) in [6.07, 6.45) is 1.99. The largest absolute Gasteiger partial charge is 0.391 e. The van der Waals surface area contributed by atoms with Gasteiger partial charge in [-0.3, -0.25) is 0 Å². The van der Waals surface area contributed by atoms with Crippen molar-refractivity contribution in [2.24, 2.45) is 5.92 Å². The summed E-state index contributed by atoms with van der Waals surface area (Å²) in [5.74, 6) is 0.727. The Bertz CT molecular complexity index is 112. The molecule has 2 heteroatoms. The van der Waals surface area contributed by atoms with Gasteiger partial charge in [0.25, 0.3) is 0 Å². The average Bonchev–Trinajstić information content (AvgIpc) is 2.10. The van der Waals surface area contributed by atoms with Crippen molar-refractivity contribution in [3.63, 3.8) is 0 Å². The van der Waals surface area contributed by atoms with Crippen LogP contribution in [0, 0.1) is 5.92 Å². The van der Waals surface area contributed by atoms with Gasteiger partial charge in [-0.15, -0.1) is 0 Å². The third-order valence-corrected chi connectivity index (χ3v) is 2.36. The Balaban J connectivity index is 2.29. The molecule has 11 heavy (non-hydrogen) atoms. The first-order chi connectivity index (χ1) is 5.09. The number of rotatable bonds is 2. The van der Waals surface area contributed by atoms with Crippen LogP contribution in [0.4, 0.5) is 0 Å². The van der Waals surface area contributed by atoms with E-state index < -0.39 is 0 Å². The molecule has 0 radical (unpaired) electrons. The lowest BCUT2D eigenvalue weighted by Crippen LogP contribution is -2.30. The van der Waals surface area contributed by atoms with Crippen LogP contribution in [0.2, 0.25) is 0 Å². The summed E-state index contributed by atoms with van der Waals surface area (Å²) in [5, 5.41) is 12.8. The van der Waals surface area contributed by atoms with Crippen molar-refractivity contribution < 1.29 is 5.11 Å². The molecule has 66 valence electrons. The smallest absolute Gasteiger partial charge is 0.0705 e. The molecule has 0 aliphatic carbocycles. The second-order valence-corrected chi connectivity index (χ2v) is 4.08. The Kier molecular flexibility index (Phi) is 2.90. The molecular weight excluding hydrogens is 138 g/mol. The Morgan fingerprint density at radius 2 is 2.18 bits per heavy atom. The molecular formula is C9H19NO. The molecule has 0 aromatic carbocycles. The van der Waals surface area contributed by atoms with Crippen molar-refractivity contribution >= 4 is 0 Å². The highest BCUT2D eigenvalue weighted by molar-refractivity contribution is 4.88. The van der Waals surface area contributed by atoms with E-state index in [1.807, 2.05) is 6.92 Å². The van der Waals surface area contributed by atoms with E-state index in [1.165, 1.54) is 6.42 Å². The van der Waals surface area contributed by atoms with Crippen LogP contribution >= 0.6 is 0 Å². The van der Waals surface area contributed by atoms with Crippen molar-refractivity contribution in [3.8, 4) is 0 Å². The highest BCUT2D eigenvalue weighted by Gasteiger charge is 2.28. The van der Waals surface area contributed by atoms with Crippen molar-refractivity contribution in [2.75, 3.05) is 0 Å². The van der Waals surface area contributed by atoms with Gasteiger partial charge in [-0.25, -0.2) is 0 Å². The highest BCUT2D eigenvalue weighted by atomic mass is 16.3. The lowest BCUT2D eigenvalue weighted by Gasteiger charge is -2.12. The topological polar surface area (TPSA) is 32.3 Å². The van der Waals surface area contributed by atoms with Gasteiger partial charge in [-0.2, -0.15) is 0 Å². The van der Waals surface area contributed by atoms with E-state index in [9.17, 15) is 5.11 Å². The minimum atomic E-state index is -0.126. The zero-order valence-corrected chi connectivity index (χ0v) is 7.67. The highest BCUT2D eigenvalue weighted by Crippen LogP contribution is 2.18. The van der Waals surface area contributed by atoms with Gasteiger partial charge in [0, 0.05) is 12.1 Å². The molecule has 1 fully saturated rings. The molecule has 2 N–H and O–H groups in total. The van der Waals surface area contributed by atoms with Gasteiger partial charge in [-0.1, -0.05) is 13.8 Å². The molecule has 0 amide bonds. The van der Waals surface area contributed by atoms with Crippen molar-refractivity contribution in [1.82, 2.24) is 5.32 Å². The molecule has 1 aliphatic rings. The number of hydrogen-bond donors (Lipinski definition) is 2. The first-order valence-electron chi connectivity index (χ1n) is 4.53. The fourth-order valence-corrected chi connectivity index (χ4v) is 1.78. The van der Waals surface area contributed by atoms with Crippen molar-refractivity contribution in [3.05, 3.63) is 0 Å². The molecule has 0 spiro atoms. The molecule has 0 aromatic heterocycles. The van der Waals surface area contributed by atoms with E-state index >= 15 is 0 Å². The molecule has 3 atom stereocenters. The molecule has 1 heterocycles. The van der Waals surface area contributed by atoms with E-state index in [0.717, 1.165) is 12.3 Å². The fourth-order valence-electron chi connectivity index (χ4n) is 1.78. The molecule has 0 unspecified atom stereocenters. The Morgan fingerprint density at radius 3 is 2.55 bits per heavy atom. The number of nitrogens with one attached hydrogen (secondary N) is 1. The minimum Gasteiger partial charge on any atom is -0.391 e.